The van der Waals surface area contributed by atoms with E-state index >= 15 is 0 Å². The fraction of sp³-hybridized carbons (Fsp3) is 0.417. The Balaban J connectivity index is 2.12. The Hall–Kier alpha value is -1.31. The number of fused-ring (bicyclic) bond motifs is 3. The van der Waals surface area contributed by atoms with Crippen LogP contribution in [0.3, 0.4) is 0 Å². The standard InChI is InChI=1S/C12H13NO/c1-7-2-5-11-10(6-7)8-3-4-9(8)12(14)13-11/h2,5-6,8-9H,3-4H2,1H3,(H,13,14)/t8-,9?/m0/s1. The van der Waals surface area contributed by atoms with Crippen LogP contribution in [-0.4, -0.2) is 5.91 Å². The van der Waals surface area contributed by atoms with Crippen molar-refractivity contribution in [3.63, 3.8) is 0 Å². The maximum absolute atomic E-state index is 11.6. The summed E-state index contributed by atoms with van der Waals surface area (Å²) in [7, 11) is 0. The van der Waals surface area contributed by atoms with Crippen LogP contribution < -0.4 is 5.32 Å². The second kappa shape index (κ2) is 2.59. The second-order valence-corrected chi connectivity index (χ2v) is 4.37. The zero-order valence-corrected chi connectivity index (χ0v) is 8.21. The van der Waals surface area contributed by atoms with E-state index in [0.717, 1.165) is 12.1 Å². The van der Waals surface area contributed by atoms with Crippen LogP contribution in [0, 0.1) is 12.8 Å². The van der Waals surface area contributed by atoms with Gasteiger partial charge < -0.3 is 5.32 Å². The van der Waals surface area contributed by atoms with E-state index in [1.165, 1.54) is 17.5 Å². The Morgan fingerprint density at radius 2 is 2.07 bits per heavy atom. The van der Waals surface area contributed by atoms with Crippen molar-refractivity contribution in [3.8, 4) is 0 Å². The normalized spacial score (nSPS) is 28.5. The summed E-state index contributed by atoms with van der Waals surface area (Å²) in [6, 6.07) is 6.29. The van der Waals surface area contributed by atoms with E-state index in [4.69, 9.17) is 0 Å². The van der Waals surface area contributed by atoms with Crippen molar-refractivity contribution >= 4 is 11.6 Å². The first kappa shape index (κ1) is 8.04. The van der Waals surface area contributed by atoms with Crippen LogP contribution in [0.25, 0.3) is 0 Å². The third kappa shape index (κ3) is 0.939. The fourth-order valence-electron chi connectivity index (χ4n) is 2.51. The summed E-state index contributed by atoms with van der Waals surface area (Å²) < 4.78 is 0. The monoisotopic (exact) mass is 187 g/mol. The Kier molecular flexibility index (Phi) is 1.49. The van der Waals surface area contributed by atoms with E-state index in [0.29, 0.717) is 5.92 Å². The molecule has 0 spiro atoms. The zero-order chi connectivity index (χ0) is 9.71. The van der Waals surface area contributed by atoms with Crippen LogP contribution in [0.15, 0.2) is 18.2 Å². The molecule has 1 aliphatic carbocycles. The van der Waals surface area contributed by atoms with Gasteiger partial charge in [-0.1, -0.05) is 17.7 Å². The number of benzene rings is 1. The van der Waals surface area contributed by atoms with E-state index in [1.807, 2.05) is 6.07 Å². The van der Waals surface area contributed by atoms with Gasteiger partial charge >= 0.3 is 0 Å². The summed E-state index contributed by atoms with van der Waals surface area (Å²) in [5, 5.41) is 2.98. The van der Waals surface area contributed by atoms with Gasteiger partial charge in [0.15, 0.2) is 0 Å². The molecule has 0 saturated heterocycles. The molecule has 1 amide bonds. The van der Waals surface area contributed by atoms with Gasteiger partial charge in [0.2, 0.25) is 5.91 Å². The van der Waals surface area contributed by atoms with Crippen LogP contribution in [0.4, 0.5) is 5.69 Å². The highest BCUT2D eigenvalue weighted by Gasteiger charge is 2.41. The zero-order valence-electron chi connectivity index (χ0n) is 8.21. The summed E-state index contributed by atoms with van der Waals surface area (Å²) in [4.78, 5) is 11.6. The average molecular weight is 187 g/mol. The fourth-order valence-corrected chi connectivity index (χ4v) is 2.51. The smallest absolute Gasteiger partial charge is 0.228 e. The van der Waals surface area contributed by atoms with Crippen molar-refractivity contribution in [1.82, 2.24) is 0 Å². The maximum atomic E-state index is 11.6. The lowest BCUT2D eigenvalue weighted by molar-refractivity contribution is -0.123. The number of hydrogen-bond acceptors (Lipinski definition) is 1. The lowest BCUT2D eigenvalue weighted by Gasteiger charge is -2.40. The van der Waals surface area contributed by atoms with Gasteiger partial charge in [-0.2, -0.15) is 0 Å². The molecule has 2 heteroatoms. The minimum Gasteiger partial charge on any atom is -0.326 e. The lowest BCUT2D eigenvalue weighted by Crippen LogP contribution is -2.39. The van der Waals surface area contributed by atoms with Crippen molar-refractivity contribution < 1.29 is 4.79 Å². The lowest BCUT2D eigenvalue weighted by atomic mass is 9.67. The Labute approximate surface area is 83.3 Å². The molecule has 1 aromatic rings. The number of aryl methyl sites for hydroxylation is 1. The van der Waals surface area contributed by atoms with Crippen molar-refractivity contribution in [3.05, 3.63) is 29.3 Å². The molecule has 1 unspecified atom stereocenters. The molecule has 2 atom stereocenters. The molecule has 3 rings (SSSR count). The predicted molar refractivity (Wildman–Crippen MR) is 55.3 cm³/mol. The molecule has 1 heterocycles. The summed E-state index contributed by atoms with van der Waals surface area (Å²) in [5.41, 5.74) is 3.66. The van der Waals surface area contributed by atoms with Crippen LogP contribution >= 0.6 is 0 Å². The van der Waals surface area contributed by atoms with E-state index in [2.05, 4.69) is 24.4 Å². The molecule has 2 nitrogen and oxygen atoms in total. The van der Waals surface area contributed by atoms with Gasteiger partial charge in [-0.05, 0) is 37.3 Å². The molecule has 1 aliphatic heterocycles. The number of nitrogens with one attached hydrogen (secondary N) is 1. The molecule has 1 N–H and O–H groups in total. The SMILES string of the molecule is Cc1ccc2c(c1)[C@H]1CCC1C(=O)N2. The van der Waals surface area contributed by atoms with Crippen LogP contribution in [0.2, 0.25) is 0 Å². The summed E-state index contributed by atoms with van der Waals surface area (Å²) in [5.74, 6) is 0.973. The molecule has 2 aliphatic rings. The average Bonchev–Trinajstić information content (AvgIpc) is 2.06. The molecule has 1 fully saturated rings. The Bertz CT molecular complexity index is 411. The summed E-state index contributed by atoms with van der Waals surface area (Å²) >= 11 is 0. The molecule has 0 bridgehead atoms. The second-order valence-electron chi connectivity index (χ2n) is 4.37. The van der Waals surface area contributed by atoms with Gasteiger partial charge in [0.1, 0.15) is 0 Å². The Morgan fingerprint density at radius 3 is 2.79 bits per heavy atom. The molecular weight excluding hydrogens is 174 g/mol. The van der Waals surface area contributed by atoms with E-state index in [1.54, 1.807) is 0 Å². The predicted octanol–water partition coefficient (Wildman–Crippen LogP) is 2.44. The Morgan fingerprint density at radius 1 is 1.29 bits per heavy atom. The minimum atomic E-state index is 0.220. The first-order valence-corrected chi connectivity index (χ1v) is 5.17. The summed E-state index contributed by atoms with van der Waals surface area (Å²) in [6.07, 6.45) is 2.23. The molecule has 14 heavy (non-hydrogen) atoms. The molecular formula is C12H13NO. The van der Waals surface area contributed by atoms with Crippen molar-refractivity contribution in [1.29, 1.82) is 0 Å². The van der Waals surface area contributed by atoms with E-state index in [-0.39, 0.29) is 11.8 Å². The number of amides is 1. The van der Waals surface area contributed by atoms with Crippen molar-refractivity contribution in [2.45, 2.75) is 25.7 Å². The van der Waals surface area contributed by atoms with Gasteiger partial charge in [-0.3, -0.25) is 4.79 Å². The van der Waals surface area contributed by atoms with E-state index < -0.39 is 0 Å². The van der Waals surface area contributed by atoms with Crippen LogP contribution in [0.5, 0.6) is 0 Å². The first-order chi connectivity index (χ1) is 6.75. The number of carbonyl (C=O) groups excluding carboxylic acids is 1. The highest BCUT2D eigenvalue weighted by Crippen LogP contribution is 2.48. The molecule has 1 aromatic carbocycles. The van der Waals surface area contributed by atoms with Crippen LogP contribution in [-0.2, 0) is 4.79 Å². The van der Waals surface area contributed by atoms with E-state index in [9.17, 15) is 4.79 Å². The largest absolute Gasteiger partial charge is 0.326 e. The van der Waals surface area contributed by atoms with Crippen molar-refractivity contribution in [2.24, 2.45) is 5.92 Å². The van der Waals surface area contributed by atoms with Gasteiger partial charge in [-0.15, -0.1) is 0 Å². The van der Waals surface area contributed by atoms with Crippen LogP contribution in [0.1, 0.15) is 29.9 Å². The first-order valence-electron chi connectivity index (χ1n) is 5.17. The third-order valence-electron chi connectivity index (χ3n) is 3.48. The minimum absolute atomic E-state index is 0.220. The highest BCUT2D eigenvalue weighted by molar-refractivity contribution is 5.97. The quantitative estimate of drug-likeness (QED) is 0.664. The van der Waals surface area contributed by atoms with Gasteiger partial charge in [0, 0.05) is 11.6 Å². The van der Waals surface area contributed by atoms with Crippen molar-refractivity contribution in [2.75, 3.05) is 5.32 Å². The molecule has 0 aromatic heterocycles. The number of anilines is 1. The van der Waals surface area contributed by atoms with Gasteiger partial charge in [0.25, 0.3) is 0 Å². The topological polar surface area (TPSA) is 29.1 Å². The number of rotatable bonds is 0. The van der Waals surface area contributed by atoms with Gasteiger partial charge in [0.05, 0.1) is 0 Å². The van der Waals surface area contributed by atoms with Gasteiger partial charge in [-0.25, -0.2) is 0 Å². The molecule has 0 radical (unpaired) electrons. The molecule has 72 valence electrons. The maximum Gasteiger partial charge on any atom is 0.228 e. The number of carbonyl (C=O) groups is 1. The third-order valence-corrected chi connectivity index (χ3v) is 3.48. The number of hydrogen-bond donors (Lipinski definition) is 1. The molecule has 1 saturated carbocycles. The highest BCUT2D eigenvalue weighted by atomic mass is 16.2. The summed E-state index contributed by atoms with van der Waals surface area (Å²) in [6.45, 7) is 2.10.